The molecule has 0 radical (unpaired) electrons. The molecule has 1 aromatic heterocycles. The number of nitrogens with one attached hydrogen (secondary N) is 1. The van der Waals surface area contributed by atoms with Gasteiger partial charge in [-0.15, -0.1) is 0 Å². The Kier molecular flexibility index (Phi) is 2.07. The number of aryl methyl sites for hydroxylation is 2. The summed E-state index contributed by atoms with van der Waals surface area (Å²) >= 11 is 0. The molecule has 16 heavy (non-hydrogen) atoms. The maximum absolute atomic E-state index is 4.61. The number of aromatic nitrogens is 2. The lowest BCUT2D eigenvalue weighted by Gasteiger charge is -2.00. The van der Waals surface area contributed by atoms with Crippen LogP contribution in [0.2, 0.25) is 0 Å². The summed E-state index contributed by atoms with van der Waals surface area (Å²) < 4.78 is 1.99. The van der Waals surface area contributed by atoms with Crippen molar-refractivity contribution in [3.8, 4) is 11.3 Å². The Bertz CT molecular complexity index is 523. The van der Waals surface area contributed by atoms with E-state index in [1.54, 1.807) is 0 Å². The SMILES string of the molecule is Cc1ccc(-c2nn(C)c3c2CNC3)cc1. The summed E-state index contributed by atoms with van der Waals surface area (Å²) in [5.41, 5.74) is 6.30. The molecule has 0 bridgehead atoms. The molecule has 0 unspecified atom stereocenters. The smallest absolute Gasteiger partial charge is 0.0971 e. The van der Waals surface area contributed by atoms with Crippen LogP contribution in [0.3, 0.4) is 0 Å². The van der Waals surface area contributed by atoms with Crippen LogP contribution in [-0.2, 0) is 20.1 Å². The first-order valence-corrected chi connectivity index (χ1v) is 5.58. The van der Waals surface area contributed by atoms with Crippen LogP contribution in [0.15, 0.2) is 24.3 Å². The lowest BCUT2D eigenvalue weighted by molar-refractivity contribution is 0.671. The van der Waals surface area contributed by atoms with Gasteiger partial charge in [-0.25, -0.2) is 0 Å². The van der Waals surface area contributed by atoms with Crippen molar-refractivity contribution < 1.29 is 0 Å². The Labute approximate surface area is 95.1 Å². The number of fused-ring (bicyclic) bond motifs is 1. The molecule has 2 heterocycles. The van der Waals surface area contributed by atoms with Crippen molar-refractivity contribution in [1.82, 2.24) is 15.1 Å². The zero-order valence-electron chi connectivity index (χ0n) is 9.62. The molecule has 1 aliphatic heterocycles. The van der Waals surface area contributed by atoms with Gasteiger partial charge in [-0.1, -0.05) is 29.8 Å². The highest BCUT2D eigenvalue weighted by Gasteiger charge is 2.21. The minimum atomic E-state index is 0.935. The third-order valence-electron chi connectivity index (χ3n) is 3.19. The topological polar surface area (TPSA) is 29.9 Å². The quantitative estimate of drug-likeness (QED) is 0.785. The highest BCUT2D eigenvalue weighted by molar-refractivity contribution is 5.65. The van der Waals surface area contributed by atoms with Crippen LogP contribution in [0.4, 0.5) is 0 Å². The van der Waals surface area contributed by atoms with E-state index in [4.69, 9.17) is 0 Å². The molecule has 2 aromatic rings. The molecule has 0 saturated carbocycles. The predicted octanol–water partition coefficient (Wildman–Crippen LogP) is 2.00. The van der Waals surface area contributed by atoms with Crippen LogP contribution in [0.5, 0.6) is 0 Å². The highest BCUT2D eigenvalue weighted by Crippen LogP contribution is 2.28. The summed E-state index contributed by atoms with van der Waals surface area (Å²) in [6.07, 6.45) is 0. The summed E-state index contributed by atoms with van der Waals surface area (Å²) in [7, 11) is 2.02. The van der Waals surface area contributed by atoms with Crippen molar-refractivity contribution in [2.45, 2.75) is 20.0 Å². The summed E-state index contributed by atoms with van der Waals surface area (Å²) in [5, 5.41) is 7.98. The predicted molar refractivity (Wildman–Crippen MR) is 63.9 cm³/mol. The molecular formula is C13H15N3. The fourth-order valence-corrected chi connectivity index (χ4v) is 2.26. The van der Waals surface area contributed by atoms with E-state index in [0.717, 1.165) is 18.8 Å². The van der Waals surface area contributed by atoms with E-state index in [2.05, 4.69) is 41.6 Å². The second-order valence-electron chi connectivity index (χ2n) is 4.37. The zero-order chi connectivity index (χ0) is 11.1. The number of hydrogen-bond acceptors (Lipinski definition) is 2. The second kappa shape index (κ2) is 3.46. The number of benzene rings is 1. The molecule has 3 nitrogen and oxygen atoms in total. The first kappa shape index (κ1) is 9.60. The van der Waals surface area contributed by atoms with Gasteiger partial charge in [-0.05, 0) is 6.92 Å². The van der Waals surface area contributed by atoms with E-state index in [-0.39, 0.29) is 0 Å². The highest BCUT2D eigenvalue weighted by atomic mass is 15.3. The Morgan fingerprint density at radius 3 is 2.69 bits per heavy atom. The van der Waals surface area contributed by atoms with Gasteiger partial charge in [0.25, 0.3) is 0 Å². The van der Waals surface area contributed by atoms with Crippen LogP contribution in [0.1, 0.15) is 16.8 Å². The van der Waals surface area contributed by atoms with Gasteiger partial charge >= 0.3 is 0 Å². The van der Waals surface area contributed by atoms with Gasteiger partial charge in [0, 0.05) is 31.3 Å². The van der Waals surface area contributed by atoms with E-state index in [1.165, 1.54) is 22.4 Å². The minimum absolute atomic E-state index is 0.935. The Morgan fingerprint density at radius 1 is 1.19 bits per heavy atom. The summed E-state index contributed by atoms with van der Waals surface area (Å²) in [5.74, 6) is 0. The van der Waals surface area contributed by atoms with Gasteiger partial charge in [0.15, 0.2) is 0 Å². The van der Waals surface area contributed by atoms with Crippen molar-refractivity contribution in [3.63, 3.8) is 0 Å². The Balaban J connectivity index is 2.13. The zero-order valence-corrected chi connectivity index (χ0v) is 9.62. The molecule has 0 saturated heterocycles. The Hall–Kier alpha value is -1.61. The van der Waals surface area contributed by atoms with E-state index in [1.807, 2.05) is 11.7 Å². The molecule has 0 atom stereocenters. The van der Waals surface area contributed by atoms with Crippen molar-refractivity contribution >= 4 is 0 Å². The van der Waals surface area contributed by atoms with Crippen LogP contribution < -0.4 is 5.32 Å². The lowest BCUT2D eigenvalue weighted by atomic mass is 10.1. The first-order valence-electron chi connectivity index (χ1n) is 5.58. The van der Waals surface area contributed by atoms with E-state index >= 15 is 0 Å². The van der Waals surface area contributed by atoms with Crippen molar-refractivity contribution in [3.05, 3.63) is 41.1 Å². The number of hydrogen-bond donors (Lipinski definition) is 1. The molecule has 3 heteroatoms. The maximum Gasteiger partial charge on any atom is 0.0971 e. The van der Waals surface area contributed by atoms with Gasteiger partial charge < -0.3 is 5.32 Å². The van der Waals surface area contributed by atoms with Crippen LogP contribution in [0.25, 0.3) is 11.3 Å². The molecule has 1 aromatic carbocycles. The van der Waals surface area contributed by atoms with E-state index < -0.39 is 0 Å². The van der Waals surface area contributed by atoms with Crippen molar-refractivity contribution in [2.24, 2.45) is 7.05 Å². The third-order valence-corrected chi connectivity index (χ3v) is 3.19. The molecule has 82 valence electrons. The van der Waals surface area contributed by atoms with Gasteiger partial charge in [0.1, 0.15) is 0 Å². The van der Waals surface area contributed by atoms with E-state index in [0.29, 0.717) is 0 Å². The van der Waals surface area contributed by atoms with Crippen LogP contribution in [-0.4, -0.2) is 9.78 Å². The standard InChI is InChI=1S/C13H15N3/c1-9-3-5-10(6-4-9)13-11-7-14-8-12(11)16(2)15-13/h3-6,14H,7-8H2,1-2H3. The molecule has 0 spiro atoms. The van der Waals surface area contributed by atoms with E-state index in [9.17, 15) is 0 Å². The molecular weight excluding hydrogens is 198 g/mol. The van der Waals surface area contributed by atoms with Gasteiger partial charge in [-0.3, -0.25) is 4.68 Å². The average molecular weight is 213 g/mol. The molecule has 1 aliphatic rings. The summed E-state index contributed by atoms with van der Waals surface area (Å²) in [6.45, 7) is 3.98. The van der Waals surface area contributed by atoms with Crippen molar-refractivity contribution in [1.29, 1.82) is 0 Å². The molecule has 0 amide bonds. The maximum atomic E-state index is 4.61. The molecule has 3 rings (SSSR count). The monoisotopic (exact) mass is 213 g/mol. The third kappa shape index (κ3) is 1.36. The molecule has 1 N–H and O–H groups in total. The largest absolute Gasteiger partial charge is 0.307 e. The first-order chi connectivity index (χ1) is 7.75. The average Bonchev–Trinajstić information content (AvgIpc) is 2.84. The minimum Gasteiger partial charge on any atom is -0.307 e. The lowest BCUT2D eigenvalue weighted by Crippen LogP contribution is -2.06. The molecule has 0 fully saturated rings. The molecule has 0 aliphatic carbocycles. The summed E-state index contributed by atoms with van der Waals surface area (Å²) in [6, 6.07) is 8.57. The van der Waals surface area contributed by atoms with Gasteiger partial charge in [-0.2, -0.15) is 5.10 Å². The Morgan fingerprint density at radius 2 is 1.94 bits per heavy atom. The number of rotatable bonds is 1. The summed E-state index contributed by atoms with van der Waals surface area (Å²) in [4.78, 5) is 0. The second-order valence-corrected chi connectivity index (χ2v) is 4.37. The van der Waals surface area contributed by atoms with Crippen LogP contribution in [0, 0.1) is 6.92 Å². The van der Waals surface area contributed by atoms with Crippen LogP contribution >= 0.6 is 0 Å². The fourth-order valence-electron chi connectivity index (χ4n) is 2.26. The van der Waals surface area contributed by atoms with Gasteiger partial charge in [0.05, 0.1) is 11.4 Å². The van der Waals surface area contributed by atoms with Gasteiger partial charge in [0.2, 0.25) is 0 Å². The van der Waals surface area contributed by atoms with Crippen molar-refractivity contribution in [2.75, 3.05) is 0 Å². The normalized spacial score (nSPS) is 14.1. The fraction of sp³-hybridized carbons (Fsp3) is 0.308. The number of nitrogens with zero attached hydrogens (tertiary/aromatic N) is 2.